The minimum absolute atomic E-state index is 0.0376. The van der Waals surface area contributed by atoms with Crippen LogP contribution in [0.5, 0.6) is 5.75 Å². The van der Waals surface area contributed by atoms with Crippen molar-refractivity contribution in [3.8, 4) is 18.1 Å². The molecule has 3 rings (SSSR count). The van der Waals surface area contributed by atoms with Crippen molar-refractivity contribution < 1.29 is 9.53 Å². The second-order valence-corrected chi connectivity index (χ2v) is 5.58. The third kappa shape index (κ3) is 3.44. The predicted octanol–water partition coefficient (Wildman–Crippen LogP) is 3.92. The Morgan fingerprint density at radius 3 is 2.88 bits per heavy atom. The molecule has 0 amide bonds. The third-order valence-electron chi connectivity index (χ3n) is 3.81. The summed E-state index contributed by atoms with van der Waals surface area (Å²) in [5, 5.41) is 0. The lowest BCUT2D eigenvalue weighted by molar-refractivity contribution is -0.112. The zero-order valence-electron chi connectivity index (χ0n) is 13.5. The van der Waals surface area contributed by atoms with Gasteiger partial charge < -0.3 is 4.74 Å². The molecule has 0 saturated heterocycles. The highest BCUT2D eigenvalue weighted by molar-refractivity contribution is 6.46. The summed E-state index contributed by atoms with van der Waals surface area (Å²) >= 11 is 0. The van der Waals surface area contributed by atoms with Gasteiger partial charge in [0.25, 0.3) is 0 Å². The molecule has 24 heavy (non-hydrogen) atoms. The molecule has 0 N–H and O–H groups in total. The average Bonchev–Trinajstić information content (AvgIpc) is 2.59. The Balaban J connectivity index is 1.81. The van der Waals surface area contributed by atoms with Crippen molar-refractivity contribution in [2.24, 2.45) is 4.99 Å². The first-order valence-electron chi connectivity index (χ1n) is 7.72. The minimum atomic E-state index is 0.0376. The van der Waals surface area contributed by atoms with Crippen LogP contribution in [-0.4, -0.2) is 18.1 Å². The number of para-hydroxylation sites is 1. The highest BCUT2D eigenvalue weighted by Crippen LogP contribution is 2.25. The van der Waals surface area contributed by atoms with Gasteiger partial charge in [-0.15, -0.1) is 6.42 Å². The van der Waals surface area contributed by atoms with Gasteiger partial charge in [0, 0.05) is 6.42 Å². The first kappa shape index (κ1) is 15.8. The molecule has 0 spiro atoms. The topological polar surface area (TPSA) is 38.7 Å². The van der Waals surface area contributed by atoms with E-state index >= 15 is 0 Å². The number of carbonyl (C=O) groups is 1. The molecular formula is C21H17NO2. The Morgan fingerprint density at radius 2 is 2.08 bits per heavy atom. The second-order valence-electron chi connectivity index (χ2n) is 5.58. The fourth-order valence-corrected chi connectivity index (χ4v) is 2.59. The maximum absolute atomic E-state index is 12.2. The number of allylic oxidation sites excluding steroid dienone is 1. The molecule has 0 aliphatic carbocycles. The molecule has 3 heteroatoms. The zero-order chi connectivity index (χ0) is 16.9. The fourth-order valence-electron chi connectivity index (χ4n) is 2.59. The number of carbonyl (C=O) groups excluding carboxylic acids is 1. The molecule has 0 fully saturated rings. The van der Waals surface area contributed by atoms with Crippen LogP contribution in [0.2, 0.25) is 0 Å². The number of ether oxygens (including phenoxy) is 1. The SMILES string of the molecule is C#CCOc1ccc(/C=C/C2=Nc3ccccc3CC2=O)cc1C. The van der Waals surface area contributed by atoms with Gasteiger partial charge in [-0.1, -0.05) is 36.3 Å². The van der Waals surface area contributed by atoms with Crippen molar-refractivity contribution in [2.75, 3.05) is 6.61 Å². The number of ketones is 1. The van der Waals surface area contributed by atoms with Gasteiger partial charge in [0.15, 0.2) is 5.78 Å². The Kier molecular flexibility index (Phi) is 4.58. The number of Topliss-reactive ketones (excluding diaryl/α,β-unsaturated/α-hetero) is 1. The number of fused-ring (bicyclic) bond motifs is 1. The largest absolute Gasteiger partial charge is 0.481 e. The molecule has 2 aromatic carbocycles. The number of aryl methyl sites for hydroxylation is 1. The van der Waals surface area contributed by atoms with E-state index in [9.17, 15) is 4.79 Å². The Morgan fingerprint density at radius 1 is 1.25 bits per heavy atom. The predicted molar refractivity (Wildman–Crippen MR) is 96.8 cm³/mol. The van der Waals surface area contributed by atoms with Crippen LogP contribution in [0.3, 0.4) is 0 Å². The number of nitrogens with zero attached hydrogens (tertiary/aromatic N) is 1. The van der Waals surface area contributed by atoms with Crippen molar-refractivity contribution in [1.82, 2.24) is 0 Å². The fraction of sp³-hybridized carbons (Fsp3) is 0.143. The van der Waals surface area contributed by atoms with Crippen LogP contribution in [0.4, 0.5) is 5.69 Å². The number of hydrogen-bond donors (Lipinski definition) is 0. The van der Waals surface area contributed by atoms with Crippen LogP contribution < -0.4 is 4.74 Å². The smallest absolute Gasteiger partial charge is 0.185 e. The molecule has 2 aromatic rings. The summed E-state index contributed by atoms with van der Waals surface area (Å²) in [6, 6.07) is 13.5. The quantitative estimate of drug-likeness (QED) is 0.802. The van der Waals surface area contributed by atoms with E-state index in [-0.39, 0.29) is 12.4 Å². The van der Waals surface area contributed by atoms with Gasteiger partial charge >= 0.3 is 0 Å². The molecule has 0 atom stereocenters. The lowest BCUT2D eigenvalue weighted by Gasteiger charge is -2.12. The molecular weight excluding hydrogens is 298 g/mol. The van der Waals surface area contributed by atoms with E-state index in [1.165, 1.54) is 0 Å². The summed E-state index contributed by atoms with van der Waals surface area (Å²) in [6.07, 6.45) is 9.27. The van der Waals surface area contributed by atoms with Crippen LogP contribution >= 0.6 is 0 Å². The van der Waals surface area contributed by atoms with Crippen LogP contribution in [-0.2, 0) is 11.2 Å². The van der Waals surface area contributed by atoms with Crippen molar-refractivity contribution in [2.45, 2.75) is 13.3 Å². The lowest BCUT2D eigenvalue weighted by atomic mass is 9.99. The third-order valence-corrected chi connectivity index (χ3v) is 3.81. The lowest BCUT2D eigenvalue weighted by Crippen LogP contribution is -2.17. The van der Waals surface area contributed by atoms with Crippen molar-refractivity contribution in [3.05, 3.63) is 65.2 Å². The Labute approximate surface area is 141 Å². The highest BCUT2D eigenvalue weighted by atomic mass is 16.5. The number of benzene rings is 2. The van der Waals surface area contributed by atoms with E-state index < -0.39 is 0 Å². The number of terminal acetylenes is 1. The molecule has 0 saturated carbocycles. The van der Waals surface area contributed by atoms with Crippen LogP contribution in [0.1, 0.15) is 16.7 Å². The molecule has 1 heterocycles. The number of hydrogen-bond acceptors (Lipinski definition) is 3. The Hall–Kier alpha value is -3.12. The molecule has 3 nitrogen and oxygen atoms in total. The van der Waals surface area contributed by atoms with Gasteiger partial charge in [0.2, 0.25) is 0 Å². The molecule has 1 aliphatic rings. The molecule has 0 aromatic heterocycles. The Bertz CT molecular complexity index is 885. The van der Waals surface area contributed by atoms with Gasteiger partial charge in [-0.25, -0.2) is 4.99 Å². The normalized spacial score (nSPS) is 13.3. The first-order chi connectivity index (χ1) is 11.7. The molecule has 1 aliphatic heterocycles. The number of aliphatic imine (C=N–C) groups is 1. The highest BCUT2D eigenvalue weighted by Gasteiger charge is 2.17. The van der Waals surface area contributed by atoms with Gasteiger partial charge in [-0.2, -0.15) is 0 Å². The van der Waals surface area contributed by atoms with E-state index in [1.54, 1.807) is 6.08 Å². The first-order valence-corrected chi connectivity index (χ1v) is 7.72. The van der Waals surface area contributed by atoms with Crippen molar-refractivity contribution in [3.63, 3.8) is 0 Å². The van der Waals surface area contributed by atoms with Gasteiger partial charge in [-0.3, -0.25) is 4.79 Å². The van der Waals surface area contributed by atoms with Crippen LogP contribution in [0, 0.1) is 19.3 Å². The van der Waals surface area contributed by atoms with E-state index in [2.05, 4.69) is 10.9 Å². The summed E-state index contributed by atoms with van der Waals surface area (Å²) in [7, 11) is 0. The van der Waals surface area contributed by atoms with Crippen molar-refractivity contribution in [1.29, 1.82) is 0 Å². The van der Waals surface area contributed by atoms with E-state index in [0.717, 1.165) is 28.1 Å². The maximum atomic E-state index is 12.2. The van der Waals surface area contributed by atoms with Crippen LogP contribution in [0.15, 0.2) is 53.5 Å². The second kappa shape index (κ2) is 6.97. The molecule has 0 bridgehead atoms. The summed E-state index contributed by atoms with van der Waals surface area (Å²) in [5.41, 5.74) is 4.31. The summed E-state index contributed by atoms with van der Waals surface area (Å²) in [4.78, 5) is 16.7. The van der Waals surface area contributed by atoms with Gasteiger partial charge in [0.1, 0.15) is 18.1 Å². The minimum Gasteiger partial charge on any atom is -0.481 e. The van der Waals surface area contributed by atoms with E-state index in [4.69, 9.17) is 11.2 Å². The van der Waals surface area contributed by atoms with Gasteiger partial charge in [-0.05, 0) is 47.9 Å². The number of rotatable bonds is 4. The maximum Gasteiger partial charge on any atom is 0.185 e. The molecule has 0 unspecified atom stereocenters. The van der Waals surface area contributed by atoms with Crippen LogP contribution in [0.25, 0.3) is 6.08 Å². The van der Waals surface area contributed by atoms with Crippen molar-refractivity contribution >= 4 is 23.3 Å². The monoisotopic (exact) mass is 315 g/mol. The summed E-state index contributed by atoms with van der Waals surface area (Å²) in [5.74, 6) is 3.26. The zero-order valence-corrected chi connectivity index (χ0v) is 13.5. The van der Waals surface area contributed by atoms with Gasteiger partial charge in [0.05, 0.1) is 5.69 Å². The van der Waals surface area contributed by atoms with E-state index in [0.29, 0.717) is 12.1 Å². The molecule has 0 radical (unpaired) electrons. The summed E-state index contributed by atoms with van der Waals surface area (Å²) in [6.45, 7) is 2.21. The van der Waals surface area contributed by atoms with E-state index in [1.807, 2.05) is 55.5 Å². The average molecular weight is 315 g/mol. The standard InChI is InChI=1S/C21H17NO2/c1-3-12-24-21-11-9-16(13-15(21)2)8-10-19-20(23)14-17-6-4-5-7-18(17)22-19/h1,4-11,13H,12,14H2,2H3/b10-8+. The molecule has 118 valence electrons. The summed E-state index contributed by atoms with van der Waals surface area (Å²) < 4.78 is 5.45.